The molecule has 29 heavy (non-hydrogen) atoms. The highest BCUT2D eigenvalue weighted by atomic mass is 35.5. The predicted octanol–water partition coefficient (Wildman–Crippen LogP) is 5.11. The van der Waals surface area contributed by atoms with E-state index in [1.165, 1.54) is 30.4 Å². The van der Waals surface area contributed by atoms with E-state index in [4.69, 9.17) is 16.3 Å². The molecule has 2 aromatic carbocycles. The molecular weight excluding hydrogens is 384 g/mol. The van der Waals surface area contributed by atoms with E-state index >= 15 is 0 Å². The summed E-state index contributed by atoms with van der Waals surface area (Å²) in [6.07, 6.45) is 7.26. The van der Waals surface area contributed by atoms with E-state index in [9.17, 15) is 4.79 Å². The van der Waals surface area contributed by atoms with Gasteiger partial charge < -0.3 is 15.0 Å². The summed E-state index contributed by atoms with van der Waals surface area (Å²) in [4.78, 5) is 14.8. The summed E-state index contributed by atoms with van der Waals surface area (Å²) in [5.41, 5.74) is 3.54. The van der Waals surface area contributed by atoms with Crippen LogP contribution in [0.15, 0.2) is 55.1 Å². The van der Waals surface area contributed by atoms with E-state index < -0.39 is 0 Å². The van der Waals surface area contributed by atoms with E-state index in [-0.39, 0.29) is 12.0 Å². The lowest BCUT2D eigenvalue weighted by molar-refractivity contribution is -0.135. The summed E-state index contributed by atoms with van der Waals surface area (Å²) in [6, 6.07) is 12.9. The summed E-state index contributed by atoms with van der Waals surface area (Å²) in [5.74, 6) is 0.241. The Labute approximate surface area is 178 Å². The summed E-state index contributed by atoms with van der Waals surface area (Å²) in [7, 11) is 2.13. The highest BCUT2D eigenvalue weighted by Gasteiger charge is 2.28. The Morgan fingerprint density at radius 1 is 1.24 bits per heavy atom. The van der Waals surface area contributed by atoms with Gasteiger partial charge in [0.25, 0.3) is 0 Å². The first-order valence-corrected chi connectivity index (χ1v) is 10.6. The van der Waals surface area contributed by atoms with Gasteiger partial charge in [-0.05, 0) is 74.3 Å². The van der Waals surface area contributed by atoms with Crippen LogP contribution in [0.2, 0.25) is 5.02 Å². The van der Waals surface area contributed by atoms with Crippen molar-refractivity contribution in [2.24, 2.45) is 0 Å². The second-order valence-electron chi connectivity index (χ2n) is 7.63. The monoisotopic (exact) mass is 412 g/mol. The molecule has 1 aliphatic heterocycles. The fourth-order valence-corrected chi connectivity index (χ4v) is 3.73. The number of rotatable bonds is 10. The van der Waals surface area contributed by atoms with Crippen LogP contribution < -0.4 is 10.1 Å². The quantitative estimate of drug-likeness (QED) is 0.255. The number of carbonyl (C=O) groups is 1. The van der Waals surface area contributed by atoms with Crippen LogP contribution in [0.4, 0.5) is 5.69 Å². The number of nitrogens with one attached hydrogen (secondary N) is 1. The molecule has 1 heterocycles. The second-order valence-corrected chi connectivity index (χ2v) is 8.07. The Hall–Kier alpha value is -2.30. The molecule has 0 fully saturated rings. The molecule has 0 saturated carbocycles. The van der Waals surface area contributed by atoms with Crippen LogP contribution in [0.3, 0.4) is 0 Å². The van der Waals surface area contributed by atoms with Crippen molar-refractivity contribution in [2.75, 3.05) is 25.5 Å². The first-order chi connectivity index (χ1) is 14.0. The minimum Gasteiger partial charge on any atom is -0.425 e. The Bertz CT molecular complexity index is 835. The van der Waals surface area contributed by atoms with Crippen LogP contribution in [-0.2, 0) is 17.6 Å². The minimum atomic E-state index is -0.351. The van der Waals surface area contributed by atoms with Gasteiger partial charge in [-0.1, -0.05) is 36.2 Å². The molecule has 0 radical (unpaired) electrons. The number of likely N-dealkylation sites (N-methyl/N-ethyl adjacent to an activating group) is 1. The normalized spacial score (nSPS) is 15.1. The van der Waals surface area contributed by atoms with E-state index in [2.05, 4.69) is 42.0 Å². The van der Waals surface area contributed by atoms with Crippen LogP contribution in [0.1, 0.15) is 30.4 Å². The van der Waals surface area contributed by atoms with E-state index in [0.29, 0.717) is 17.2 Å². The molecule has 0 spiro atoms. The molecule has 0 bridgehead atoms. The molecule has 2 aromatic rings. The first-order valence-electron chi connectivity index (χ1n) is 10.2. The van der Waals surface area contributed by atoms with Gasteiger partial charge in [0.15, 0.2) is 0 Å². The molecule has 0 amide bonds. The second kappa shape index (κ2) is 10.5. The molecule has 4 nitrogen and oxygen atoms in total. The van der Waals surface area contributed by atoms with Crippen LogP contribution >= 0.6 is 11.6 Å². The number of anilines is 1. The fourth-order valence-electron chi connectivity index (χ4n) is 3.60. The van der Waals surface area contributed by atoms with E-state index in [1.807, 2.05) is 6.08 Å². The van der Waals surface area contributed by atoms with Crippen molar-refractivity contribution in [3.05, 3.63) is 71.3 Å². The number of unbranched alkanes of at least 4 members (excludes halogenated alkanes) is 2. The molecule has 1 unspecified atom stereocenters. The Morgan fingerprint density at radius 3 is 2.79 bits per heavy atom. The molecule has 154 valence electrons. The van der Waals surface area contributed by atoms with Gasteiger partial charge in [-0.3, -0.25) is 0 Å². The van der Waals surface area contributed by atoms with Gasteiger partial charge in [-0.15, -0.1) is 6.58 Å². The molecule has 0 aromatic heterocycles. The Balaban J connectivity index is 1.45. The van der Waals surface area contributed by atoms with Crippen molar-refractivity contribution in [2.45, 2.75) is 38.1 Å². The number of benzene rings is 2. The van der Waals surface area contributed by atoms with E-state index in [0.717, 1.165) is 25.2 Å². The summed E-state index contributed by atoms with van der Waals surface area (Å²) in [6.45, 7) is 5.83. The van der Waals surface area contributed by atoms with Gasteiger partial charge in [-0.2, -0.15) is 0 Å². The number of aryl methyl sites for hydroxylation is 1. The number of hydrogen-bond donors (Lipinski definition) is 1. The van der Waals surface area contributed by atoms with Crippen LogP contribution in [0, 0.1) is 0 Å². The zero-order valence-electron chi connectivity index (χ0n) is 17.0. The zero-order valence-corrected chi connectivity index (χ0v) is 17.8. The lowest BCUT2D eigenvalue weighted by Gasteiger charge is -2.13. The Morgan fingerprint density at radius 2 is 2.03 bits per heavy atom. The van der Waals surface area contributed by atoms with Crippen LogP contribution in [0.5, 0.6) is 5.75 Å². The highest BCUT2D eigenvalue weighted by Crippen LogP contribution is 2.28. The molecule has 1 N–H and O–H groups in total. The zero-order chi connectivity index (χ0) is 20.6. The fraction of sp³-hybridized carbons (Fsp3) is 0.375. The van der Waals surface area contributed by atoms with Crippen molar-refractivity contribution in [3.8, 4) is 5.75 Å². The predicted molar refractivity (Wildman–Crippen MR) is 120 cm³/mol. The van der Waals surface area contributed by atoms with Crippen molar-refractivity contribution in [3.63, 3.8) is 0 Å². The van der Waals surface area contributed by atoms with Crippen LogP contribution in [-0.4, -0.2) is 37.0 Å². The van der Waals surface area contributed by atoms with E-state index in [1.54, 1.807) is 24.3 Å². The molecule has 0 aliphatic carbocycles. The Kier molecular flexibility index (Phi) is 7.73. The van der Waals surface area contributed by atoms with Gasteiger partial charge >= 0.3 is 5.97 Å². The maximum atomic E-state index is 12.5. The van der Waals surface area contributed by atoms with Gasteiger partial charge in [0.1, 0.15) is 11.8 Å². The average Bonchev–Trinajstić information content (AvgIpc) is 3.13. The van der Waals surface area contributed by atoms with Gasteiger partial charge in [0.05, 0.1) is 0 Å². The third kappa shape index (κ3) is 6.34. The maximum Gasteiger partial charge on any atom is 0.334 e. The molecule has 5 heteroatoms. The summed E-state index contributed by atoms with van der Waals surface area (Å²) < 4.78 is 5.47. The number of hydrogen-bond acceptors (Lipinski definition) is 4. The molecule has 0 saturated heterocycles. The number of esters is 1. The lowest BCUT2D eigenvalue weighted by atomic mass is 10.0. The minimum absolute atomic E-state index is 0.270. The van der Waals surface area contributed by atoms with Crippen molar-refractivity contribution in [1.82, 2.24) is 4.90 Å². The average molecular weight is 413 g/mol. The molecule has 3 rings (SSSR count). The number of ether oxygens (including phenoxy) is 1. The van der Waals surface area contributed by atoms with Crippen LogP contribution in [0.25, 0.3) is 0 Å². The number of nitrogens with zero attached hydrogens (tertiary/aromatic N) is 1. The van der Waals surface area contributed by atoms with Gasteiger partial charge in [-0.25, -0.2) is 4.79 Å². The molecule has 1 atom stereocenters. The maximum absolute atomic E-state index is 12.5. The number of carbonyl (C=O) groups excluding carboxylic acids is 1. The summed E-state index contributed by atoms with van der Waals surface area (Å²) >= 11 is 5.87. The van der Waals surface area contributed by atoms with Crippen molar-refractivity contribution >= 4 is 23.3 Å². The van der Waals surface area contributed by atoms with Crippen molar-refractivity contribution in [1.29, 1.82) is 0 Å². The third-order valence-corrected chi connectivity index (χ3v) is 5.44. The number of fused-ring (bicyclic) bond motifs is 1. The SMILES string of the molecule is C=CCN(C)CCCCCc1ccc2c(c1)CC(C(=O)Oc1ccc(Cl)cc1)N2. The topological polar surface area (TPSA) is 41.6 Å². The van der Waals surface area contributed by atoms with Gasteiger partial charge in [0.2, 0.25) is 0 Å². The first kappa shape index (κ1) is 21.4. The smallest absolute Gasteiger partial charge is 0.334 e. The van der Waals surface area contributed by atoms with Gasteiger partial charge in [0, 0.05) is 23.7 Å². The highest BCUT2D eigenvalue weighted by molar-refractivity contribution is 6.30. The lowest BCUT2D eigenvalue weighted by Crippen LogP contribution is -2.31. The molecular formula is C24H29ClN2O2. The van der Waals surface area contributed by atoms with Crippen molar-refractivity contribution < 1.29 is 9.53 Å². The third-order valence-electron chi connectivity index (χ3n) is 5.19. The largest absolute Gasteiger partial charge is 0.425 e. The molecule has 1 aliphatic rings. The summed E-state index contributed by atoms with van der Waals surface area (Å²) in [5, 5.41) is 3.90. The standard InChI is InChI=1S/C24H29ClN2O2/c1-3-14-27(2)15-6-4-5-7-18-8-13-22-19(16-18)17-23(26-22)24(28)29-21-11-9-20(25)10-12-21/h3,8-13,16,23,26H,1,4-7,14-15,17H2,2H3. The number of halogens is 1.